The number of nitrogens with zero attached hydrogens (tertiary/aromatic N) is 2. The molecule has 1 unspecified atom stereocenters. The van der Waals surface area contributed by atoms with Crippen molar-refractivity contribution < 1.29 is 14.1 Å². The predicted octanol–water partition coefficient (Wildman–Crippen LogP) is 3.29. The van der Waals surface area contributed by atoms with Crippen molar-refractivity contribution in [3.8, 4) is 5.69 Å². The number of nitrogens with two attached hydrogens (primary N) is 1. The van der Waals surface area contributed by atoms with Crippen molar-refractivity contribution in [3.05, 3.63) is 88.8 Å². The molecule has 1 atom stereocenters. The molecule has 2 N–H and O–H groups in total. The third kappa shape index (κ3) is 2.96. The van der Waals surface area contributed by atoms with E-state index in [1.54, 1.807) is 24.3 Å². The molecule has 28 heavy (non-hydrogen) atoms. The maximum absolute atomic E-state index is 13.3. The molecule has 2 aromatic carbocycles. The largest absolute Gasteiger partial charge is 0.345 e. The summed E-state index contributed by atoms with van der Waals surface area (Å²) in [4.78, 5) is 0. The van der Waals surface area contributed by atoms with Crippen LogP contribution >= 0.6 is 0 Å². The van der Waals surface area contributed by atoms with E-state index in [0.29, 0.717) is 0 Å². The first-order chi connectivity index (χ1) is 13.6. The third-order valence-electron chi connectivity index (χ3n) is 6.09. The van der Waals surface area contributed by atoms with Crippen molar-refractivity contribution in [3.63, 3.8) is 0 Å². The molecule has 0 amide bonds. The lowest BCUT2D eigenvalue weighted by Gasteiger charge is -2.40. The van der Waals surface area contributed by atoms with Crippen LogP contribution in [0.25, 0.3) is 11.8 Å². The van der Waals surface area contributed by atoms with E-state index in [0.717, 1.165) is 49.3 Å². The average molecular weight is 378 g/mol. The second kappa shape index (κ2) is 6.67. The number of halogens is 2. The zero-order chi connectivity index (χ0) is 19.1. The van der Waals surface area contributed by atoms with Gasteiger partial charge in [0.25, 0.3) is 0 Å². The lowest BCUT2D eigenvalue weighted by Crippen LogP contribution is -2.89. The SMILES string of the molecule is Fc1ccc(CC23C[NH2+]CCC2=Cc2c(cnn2-c2ccc(F)cc2)C3)cc1. The minimum Gasteiger partial charge on any atom is -0.345 e. The number of rotatable bonds is 3. The zero-order valence-corrected chi connectivity index (χ0v) is 15.5. The Hall–Kier alpha value is -2.79. The molecule has 0 saturated carbocycles. The molecule has 2 heterocycles. The van der Waals surface area contributed by atoms with Gasteiger partial charge in [-0.15, -0.1) is 0 Å². The fourth-order valence-electron chi connectivity index (χ4n) is 4.68. The standard InChI is InChI=1S/C23H21F2N3/c24-19-3-1-16(2-4-19)12-23-13-17-14-27-28(21-7-5-20(25)6-8-21)22(17)11-18(23)9-10-26-15-23/h1-8,11,14,26H,9-10,12-13,15H2/p+1. The first-order valence-electron chi connectivity index (χ1n) is 9.73. The summed E-state index contributed by atoms with van der Waals surface area (Å²) >= 11 is 0. The minimum atomic E-state index is -0.246. The first kappa shape index (κ1) is 17.3. The third-order valence-corrected chi connectivity index (χ3v) is 6.09. The van der Waals surface area contributed by atoms with Gasteiger partial charge in [0.2, 0.25) is 0 Å². The lowest BCUT2D eigenvalue weighted by molar-refractivity contribution is -0.671. The number of aromatic nitrogens is 2. The van der Waals surface area contributed by atoms with Gasteiger partial charge in [0.05, 0.1) is 30.7 Å². The Bertz CT molecular complexity index is 1030. The molecule has 3 nitrogen and oxygen atoms in total. The number of fused-ring (bicyclic) bond motifs is 2. The van der Waals surface area contributed by atoms with Crippen LogP contribution in [-0.4, -0.2) is 22.9 Å². The van der Waals surface area contributed by atoms with Gasteiger partial charge in [0, 0.05) is 11.8 Å². The Kier molecular flexibility index (Phi) is 4.13. The van der Waals surface area contributed by atoms with E-state index < -0.39 is 0 Å². The van der Waals surface area contributed by atoms with Gasteiger partial charge in [0.1, 0.15) is 11.6 Å². The van der Waals surface area contributed by atoms with Gasteiger partial charge in [0.15, 0.2) is 0 Å². The van der Waals surface area contributed by atoms with E-state index in [4.69, 9.17) is 0 Å². The van der Waals surface area contributed by atoms with E-state index in [-0.39, 0.29) is 17.0 Å². The molecule has 5 heteroatoms. The van der Waals surface area contributed by atoms with Crippen LogP contribution in [0.5, 0.6) is 0 Å². The zero-order valence-electron chi connectivity index (χ0n) is 15.5. The molecular weight excluding hydrogens is 356 g/mol. The quantitative estimate of drug-likeness (QED) is 0.746. The summed E-state index contributed by atoms with van der Waals surface area (Å²) in [5, 5.41) is 6.98. The fraction of sp³-hybridized carbons (Fsp3) is 0.261. The smallest absolute Gasteiger partial charge is 0.123 e. The van der Waals surface area contributed by atoms with Crippen molar-refractivity contribution >= 4 is 6.08 Å². The van der Waals surface area contributed by atoms with Crippen LogP contribution in [0.1, 0.15) is 23.2 Å². The summed E-state index contributed by atoms with van der Waals surface area (Å²) in [6.07, 6.45) is 7.08. The summed E-state index contributed by atoms with van der Waals surface area (Å²) < 4.78 is 28.5. The van der Waals surface area contributed by atoms with Crippen LogP contribution in [0.3, 0.4) is 0 Å². The van der Waals surface area contributed by atoms with Gasteiger partial charge in [-0.25, -0.2) is 13.5 Å². The molecule has 5 rings (SSSR count). The minimum absolute atomic E-state index is 0.0414. The molecule has 2 aliphatic rings. The van der Waals surface area contributed by atoms with Crippen LogP contribution in [0.15, 0.2) is 60.3 Å². The lowest BCUT2D eigenvalue weighted by atomic mass is 9.66. The van der Waals surface area contributed by atoms with Gasteiger partial charge in [-0.3, -0.25) is 0 Å². The topological polar surface area (TPSA) is 34.4 Å². The van der Waals surface area contributed by atoms with E-state index in [1.165, 1.54) is 23.3 Å². The second-order valence-corrected chi connectivity index (χ2v) is 7.90. The van der Waals surface area contributed by atoms with Gasteiger partial charge in [-0.05, 0) is 66.4 Å². The van der Waals surface area contributed by atoms with E-state index in [1.807, 2.05) is 23.0 Å². The van der Waals surface area contributed by atoms with Crippen molar-refractivity contribution in [2.45, 2.75) is 19.3 Å². The highest BCUT2D eigenvalue weighted by atomic mass is 19.1. The van der Waals surface area contributed by atoms with E-state index in [2.05, 4.69) is 16.5 Å². The Morgan fingerprint density at radius 1 is 1.00 bits per heavy atom. The fourth-order valence-corrected chi connectivity index (χ4v) is 4.68. The van der Waals surface area contributed by atoms with Crippen LogP contribution in [0.2, 0.25) is 0 Å². The van der Waals surface area contributed by atoms with Crippen molar-refractivity contribution in [2.75, 3.05) is 13.1 Å². The number of hydrogen-bond donors (Lipinski definition) is 1. The normalized spacial score (nSPS) is 21.0. The van der Waals surface area contributed by atoms with Crippen LogP contribution in [0, 0.1) is 17.0 Å². The highest BCUT2D eigenvalue weighted by Crippen LogP contribution is 2.43. The van der Waals surface area contributed by atoms with Crippen molar-refractivity contribution in [1.82, 2.24) is 9.78 Å². The van der Waals surface area contributed by atoms with Gasteiger partial charge < -0.3 is 5.32 Å². The van der Waals surface area contributed by atoms with Crippen LogP contribution in [0.4, 0.5) is 8.78 Å². The Morgan fingerprint density at radius 2 is 1.71 bits per heavy atom. The monoisotopic (exact) mass is 378 g/mol. The number of benzene rings is 2. The van der Waals surface area contributed by atoms with Gasteiger partial charge >= 0.3 is 0 Å². The highest BCUT2D eigenvalue weighted by molar-refractivity contribution is 5.61. The maximum atomic E-state index is 13.3. The molecular formula is C23H22F2N3+. The summed E-state index contributed by atoms with van der Waals surface area (Å²) in [7, 11) is 0. The van der Waals surface area contributed by atoms with Crippen LogP contribution < -0.4 is 5.32 Å². The highest BCUT2D eigenvalue weighted by Gasteiger charge is 2.42. The number of quaternary nitrogens is 1. The Labute approximate surface area is 162 Å². The van der Waals surface area contributed by atoms with Crippen molar-refractivity contribution in [1.29, 1.82) is 0 Å². The molecule has 0 bridgehead atoms. The van der Waals surface area contributed by atoms with Gasteiger partial charge in [-0.1, -0.05) is 17.7 Å². The summed E-state index contributed by atoms with van der Waals surface area (Å²) in [6, 6.07) is 13.3. The first-order valence-corrected chi connectivity index (χ1v) is 9.73. The Morgan fingerprint density at radius 3 is 2.46 bits per heavy atom. The molecule has 1 saturated heterocycles. The molecule has 0 spiro atoms. The number of hydrogen-bond acceptors (Lipinski definition) is 1. The van der Waals surface area contributed by atoms with E-state index >= 15 is 0 Å². The molecule has 142 valence electrons. The molecule has 1 fully saturated rings. The Balaban J connectivity index is 1.54. The predicted molar refractivity (Wildman–Crippen MR) is 104 cm³/mol. The summed E-state index contributed by atoms with van der Waals surface area (Å²) in [5.41, 5.74) is 5.82. The summed E-state index contributed by atoms with van der Waals surface area (Å²) in [6.45, 7) is 2.11. The van der Waals surface area contributed by atoms with E-state index in [9.17, 15) is 8.78 Å². The number of piperidine rings is 1. The molecule has 1 aromatic heterocycles. The second-order valence-electron chi connectivity index (χ2n) is 7.90. The average Bonchev–Trinajstić information content (AvgIpc) is 3.10. The van der Waals surface area contributed by atoms with Crippen molar-refractivity contribution in [2.24, 2.45) is 5.41 Å². The van der Waals surface area contributed by atoms with Gasteiger partial charge in [-0.2, -0.15) is 5.10 Å². The molecule has 3 aromatic rings. The van der Waals surface area contributed by atoms with Crippen LogP contribution in [-0.2, 0) is 12.8 Å². The summed E-state index contributed by atoms with van der Waals surface area (Å²) in [5.74, 6) is -0.442. The molecule has 1 aliphatic heterocycles. The molecule has 0 radical (unpaired) electrons. The maximum Gasteiger partial charge on any atom is 0.123 e. The molecule has 1 aliphatic carbocycles.